The van der Waals surface area contributed by atoms with Gasteiger partial charge in [0.15, 0.2) is 0 Å². The smallest absolute Gasteiger partial charge is 0.133 e. The fourth-order valence-corrected chi connectivity index (χ4v) is 3.54. The highest BCUT2D eigenvalue weighted by Gasteiger charge is 2.38. The van der Waals surface area contributed by atoms with Crippen molar-refractivity contribution in [2.24, 2.45) is 0 Å². The Morgan fingerprint density at radius 2 is 2.39 bits per heavy atom. The van der Waals surface area contributed by atoms with Gasteiger partial charge in [0.2, 0.25) is 0 Å². The van der Waals surface area contributed by atoms with Gasteiger partial charge in [0.25, 0.3) is 0 Å². The third-order valence-corrected chi connectivity index (χ3v) is 4.38. The average Bonchev–Trinajstić information content (AvgIpc) is 2.78. The molecule has 1 aliphatic heterocycles. The summed E-state index contributed by atoms with van der Waals surface area (Å²) in [5.74, 6) is 1.53. The van der Waals surface area contributed by atoms with E-state index in [-0.39, 0.29) is 0 Å². The molecule has 2 aliphatic rings. The summed E-state index contributed by atoms with van der Waals surface area (Å²) in [7, 11) is 1.72. The second-order valence-electron chi connectivity index (χ2n) is 5.25. The zero-order valence-corrected chi connectivity index (χ0v) is 10.8. The maximum Gasteiger partial charge on any atom is 0.133 e. The van der Waals surface area contributed by atoms with Crippen molar-refractivity contribution in [1.82, 2.24) is 4.90 Å². The van der Waals surface area contributed by atoms with Gasteiger partial charge in [-0.1, -0.05) is 6.07 Å². The van der Waals surface area contributed by atoms with Gasteiger partial charge in [0.05, 0.1) is 13.7 Å². The fraction of sp³-hybridized carbons (Fsp3) is 0.533. The summed E-state index contributed by atoms with van der Waals surface area (Å²) < 4.78 is 5.32. The number of fused-ring (bicyclic) bond motifs is 3. The van der Waals surface area contributed by atoms with Crippen LogP contribution in [0.25, 0.3) is 0 Å². The number of methoxy groups -OCH3 is 1. The van der Waals surface area contributed by atoms with Crippen LogP contribution in [-0.4, -0.2) is 37.4 Å². The molecule has 2 atom stereocenters. The maximum atomic E-state index is 10.8. The molecule has 3 heteroatoms. The lowest BCUT2D eigenvalue weighted by Gasteiger charge is -2.36. The number of likely N-dealkylation sites (tertiary alicyclic amines) is 1. The van der Waals surface area contributed by atoms with E-state index in [1.54, 1.807) is 7.11 Å². The number of carbonyl (C=O) groups excluding carboxylic acids is 1. The number of rotatable bonds is 3. The van der Waals surface area contributed by atoms with Crippen molar-refractivity contribution in [3.63, 3.8) is 0 Å². The summed E-state index contributed by atoms with van der Waals surface area (Å²) in [6, 6.07) is 6.93. The maximum absolute atomic E-state index is 10.8. The van der Waals surface area contributed by atoms with E-state index in [1.807, 2.05) is 6.07 Å². The van der Waals surface area contributed by atoms with Crippen LogP contribution < -0.4 is 4.74 Å². The third kappa shape index (κ3) is 1.83. The van der Waals surface area contributed by atoms with E-state index < -0.39 is 0 Å². The van der Waals surface area contributed by atoms with Crippen molar-refractivity contribution in [1.29, 1.82) is 0 Å². The summed E-state index contributed by atoms with van der Waals surface area (Å²) >= 11 is 0. The molecule has 1 fully saturated rings. The van der Waals surface area contributed by atoms with Gasteiger partial charge in [-0.05, 0) is 49.1 Å². The van der Waals surface area contributed by atoms with Crippen molar-refractivity contribution in [3.05, 3.63) is 29.3 Å². The van der Waals surface area contributed by atoms with Gasteiger partial charge in [-0.25, -0.2) is 0 Å². The molecule has 0 N–H and O–H groups in total. The molecule has 1 aromatic carbocycles. The Labute approximate surface area is 108 Å². The Morgan fingerprint density at radius 1 is 1.50 bits per heavy atom. The number of benzene rings is 1. The minimum atomic E-state index is 0.519. The lowest BCUT2D eigenvalue weighted by molar-refractivity contribution is -0.109. The van der Waals surface area contributed by atoms with Crippen LogP contribution in [-0.2, 0) is 11.2 Å². The minimum Gasteiger partial charge on any atom is -0.497 e. The summed E-state index contributed by atoms with van der Waals surface area (Å²) in [6.07, 6.45) is 4.54. The van der Waals surface area contributed by atoms with Crippen LogP contribution in [0, 0.1) is 0 Å². The quantitative estimate of drug-likeness (QED) is 0.763. The first kappa shape index (κ1) is 11.7. The lowest BCUT2D eigenvalue weighted by atomic mass is 9.88. The van der Waals surface area contributed by atoms with E-state index in [1.165, 1.54) is 24.0 Å². The first-order valence-electron chi connectivity index (χ1n) is 6.68. The fourth-order valence-electron chi connectivity index (χ4n) is 3.54. The molecule has 2 unspecified atom stereocenters. The monoisotopic (exact) mass is 245 g/mol. The van der Waals surface area contributed by atoms with Gasteiger partial charge in [-0.15, -0.1) is 0 Å². The summed E-state index contributed by atoms with van der Waals surface area (Å²) in [5.41, 5.74) is 2.87. The molecular weight excluding hydrogens is 226 g/mol. The van der Waals surface area contributed by atoms with E-state index in [0.29, 0.717) is 18.5 Å². The van der Waals surface area contributed by atoms with Gasteiger partial charge in [0, 0.05) is 12.0 Å². The largest absolute Gasteiger partial charge is 0.497 e. The van der Waals surface area contributed by atoms with Gasteiger partial charge in [0.1, 0.15) is 12.0 Å². The normalized spacial score (nSPS) is 26.5. The molecule has 0 bridgehead atoms. The zero-order chi connectivity index (χ0) is 12.5. The molecule has 1 heterocycles. The third-order valence-electron chi connectivity index (χ3n) is 4.38. The molecular formula is C15H19NO2. The highest BCUT2D eigenvalue weighted by molar-refractivity contribution is 5.52. The van der Waals surface area contributed by atoms with Crippen LogP contribution in [0.3, 0.4) is 0 Å². The van der Waals surface area contributed by atoms with Crippen molar-refractivity contribution in [3.8, 4) is 5.75 Å². The average molecular weight is 245 g/mol. The molecule has 0 aromatic heterocycles. The van der Waals surface area contributed by atoms with E-state index in [4.69, 9.17) is 4.74 Å². The summed E-state index contributed by atoms with van der Waals surface area (Å²) in [4.78, 5) is 13.1. The second kappa shape index (κ2) is 4.73. The van der Waals surface area contributed by atoms with E-state index in [0.717, 1.165) is 25.0 Å². The molecule has 1 aromatic rings. The zero-order valence-electron chi connectivity index (χ0n) is 10.8. The van der Waals surface area contributed by atoms with Gasteiger partial charge < -0.3 is 9.53 Å². The topological polar surface area (TPSA) is 29.5 Å². The van der Waals surface area contributed by atoms with Crippen LogP contribution in [0.1, 0.15) is 29.9 Å². The number of aldehydes is 1. The number of piperidine rings is 1. The minimum absolute atomic E-state index is 0.519. The van der Waals surface area contributed by atoms with E-state index in [2.05, 4.69) is 17.0 Å². The predicted molar refractivity (Wildman–Crippen MR) is 70.1 cm³/mol. The van der Waals surface area contributed by atoms with E-state index >= 15 is 0 Å². The van der Waals surface area contributed by atoms with Crippen LogP contribution in [0.15, 0.2) is 18.2 Å². The second-order valence-corrected chi connectivity index (χ2v) is 5.25. The number of carbonyl (C=O) groups is 1. The molecule has 3 nitrogen and oxygen atoms in total. The molecule has 1 aliphatic carbocycles. The summed E-state index contributed by atoms with van der Waals surface area (Å²) in [5, 5.41) is 0. The number of hydrogen-bond acceptors (Lipinski definition) is 3. The van der Waals surface area contributed by atoms with Crippen LogP contribution in [0.5, 0.6) is 5.75 Å². The Hall–Kier alpha value is -1.35. The predicted octanol–water partition coefficient (Wildman–Crippen LogP) is 2.00. The molecule has 0 saturated carbocycles. The molecule has 0 amide bonds. The molecule has 0 radical (unpaired) electrons. The highest BCUT2D eigenvalue weighted by atomic mass is 16.5. The molecule has 3 rings (SSSR count). The van der Waals surface area contributed by atoms with Crippen LogP contribution in [0.2, 0.25) is 0 Å². The number of ether oxygens (including phenoxy) is 1. The Morgan fingerprint density at radius 3 is 3.17 bits per heavy atom. The van der Waals surface area contributed by atoms with Crippen molar-refractivity contribution < 1.29 is 9.53 Å². The van der Waals surface area contributed by atoms with Gasteiger partial charge in [-0.2, -0.15) is 0 Å². The first-order valence-corrected chi connectivity index (χ1v) is 6.68. The van der Waals surface area contributed by atoms with Crippen molar-refractivity contribution in [2.45, 2.75) is 31.2 Å². The SMILES string of the molecule is COc1ccc2c(c1)C1CCCN(CC=O)C1C2. The Balaban J connectivity index is 1.90. The lowest BCUT2D eigenvalue weighted by Crippen LogP contribution is -2.43. The Kier molecular flexibility index (Phi) is 3.08. The standard InChI is InChI=1S/C15H19NO2/c1-18-12-5-4-11-9-15-13(14(11)10-12)3-2-6-16(15)7-8-17/h4-5,8,10,13,15H,2-3,6-7,9H2,1H3. The van der Waals surface area contributed by atoms with Gasteiger partial charge in [-0.3, -0.25) is 4.90 Å². The Bertz CT molecular complexity index is 458. The highest BCUT2D eigenvalue weighted by Crippen LogP contribution is 2.43. The number of hydrogen-bond donors (Lipinski definition) is 0. The molecule has 0 spiro atoms. The number of nitrogens with zero attached hydrogens (tertiary/aromatic N) is 1. The van der Waals surface area contributed by atoms with Crippen LogP contribution >= 0.6 is 0 Å². The van der Waals surface area contributed by atoms with Crippen molar-refractivity contribution in [2.75, 3.05) is 20.2 Å². The van der Waals surface area contributed by atoms with E-state index in [9.17, 15) is 4.79 Å². The first-order chi connectivity index (χ1) is 8.83. The summed E-state index contributed by atoms with van der Waals surface area (Å²) in [6.45, 7) is 1.64. The molecule has 1 saturated heterocycles. The van der Waals surface area contributed by atoms with Crippen molar-refractivity contribution >= 4 is 6.29 Å². The van der Waals surface area contributed by atoms with Gasteiger partial charge >= 0.3 is 0 Å². The van der Waals surface area contributed by atoms with Crippen LogP contribution in [0.4, 0.5) is 0 Å². The molecule has 18 heavy (non-hydrogen) atoms. The molecule has 96 valence electrons.